The Bertz CT molecular complexity index is 1100. The molecule has 0 saturated carbocycles. The van der Waals surface area contributed by atoms with E-state index in [9.17, 15) is 0 Å². The molecule has 0 saturated heterocycles. The van der Waals surface area contributed by atoms with Crippen molar-refractivity contribution in [2.75, 3.05) is 32.5 Å². The van der Waals surface area contributed by atoms with Gasteiger partial charge in [-0.1, -0.05) is 37.3 Å². The smallest absolute Gasteiger partial charge is 0.164 e. The molecule has 0 aliphatic heterocycles. The number of para-hydroxylation sites is 2. The summed E-state index contributed by atoms with van der Waals surface area (Å²) in [6.07, 6.45) is 4.09. The lowest BCUT2D eigenvalue weighted by atomic mass is 10.1. The highest BCUT2D eigenvalue weighted by Gasteiger charge is 2.14. The van der Waals surface area contributed by atoms with E-state index in [2.05, 4.69) is 66.6 Å². The van der Waals surface area contributed by atoms with E-state index >= 15 is 0 Å². The van der Waals surface area contributed by atoms with Gasteiger partial charge in [0.2, 0.25) is 0 Å². The van der Waals surface area contributed by atoms with E-state index in [1.807, 2.05) is 18.3 Å². The van der Waals surface area contributed by atoms with Crippen LogP contribution in [0.1, 0.15) is 18.9 Å². The molecule has 2 N–H and O–H groups in total. The molecular formula is C23H27N5. The van der Waals surface area contributed by atoms with E-state index in [1.54, 1.807) is 0 Å². The van der Waals surface area contributed by atoms with E-state index in [0.29, 0.717) is 0 Å². The minimum absolute atomic E-state index is 0.758. The van der Waals surface area contributed by atoms with Gasteiger partial charge in [-0.25, -0.2) is 9.97 Å². The summed E-state index contributed by atoms with van der Waals surface area (Å²) in [6.45, 7) is 4.11. The Morgan fingerprint density at radius 2 is 1.82 bits per heavy atom. The van der Waals surface area contributed by atoms with Gasteiger partial charge < -0.3 is 15.2 Å². The molecule has 2 heterocycles. The molecule has 0 atom stereocenters. The van der Waals surface area contributed by atoms with Crippen LogP contribution in [0.3, 0.4) is 0 Å². The Kier molecular flexibility index (Phi) is 5.26. The number of aromatic nitrogens is 3. The summed E-state index contributed by atoms with van der Waals surface area (Å²) in [7, 11) is 4.19. The molecule has 0 aliphatic carbocycles. The van der Waals surface area contributed by atoms with Crippen LogP contribution in [-0.4, -0.2) is 47.0 Å². The van der Waals surface area contributed by atoms with Crippen LogP contribution < -0.4 is 5.32 Å². The summed E-state index contributed by atoms with van der Waals surface area (Å²) in [4.78, 5) is 15.4. The molecule has 28 heavy (non-hydrogen) atoms. The van der Waals surface area contributed by atoms with Gasteiger partial charge >= 0.3 is 0 Å². The lowest BCUT2D eigenvalue weighted by Crippen LogP contribution is -2.16. The summed E-state index contributed by atoms with van der Waals surface area (Å²) in [5, 5.41) is 5.76. The van der Waals surface area contributed by atoms with Crippen LogP contribution in [0.15, 0.2) is 48.7 Å². The number of aryl methyl sites for hydroxylation is 1. The summed E-state index contributed by atoms with van der Waals surface area (Å²) in [5.74, 6) is 1.66. The van der Waals surface area contributed by atoms with Gasteiger partial charge in [-0.2, -0.15) is 0 Å². The fourth-order valence-corrected chi connectivity index (χ4v) is 3.63. The zero-order valence-corrected chi connectivity index (χ0v) is 16.8. The average Bonchev–Trinajstić information content (AvgIpc) is 3.15. The Balaban J connectivity index is 1.76. The molecule has 0 aliphatic rings. The first-order valence-electron chi connectivity index (χ1n) is 9.92. The van der Waals surface area contributed by atoms with Crippen LogP contribution in [0.4, 0.5) is 5.82 Å². The van der Waals surface area contributed by atoms with E-state index < -0.39 is 0 Å². The van der Waals surface area contributed by atoms with Crippen LogP contribution in [0, 0.1) is 0 Å². The lowest BCUT2D eigenvalue weighted by Gasteiger charge is -2.12. The summed E-state index contributed by atoms with van der Waals surface area (Å²) >= 11 is 0. The van der Waals surface area contributed by atoms with Gasteiger partial charge in [0, 0.05) is 34.6 Å². The molecule has 2 aromatic carbocycles. The van der Waals surface area contributed by atoms with Crippen molar-refractivity contribution in [1.82, 2.24) is 19.9 Å². The zero-order valence-electron chi connectivity index (χ0n) is 16.8. The number of H-pyrrole nitrogens is 1. The van der Waals surface area contributed by atoms with E-state index in [1.165, 1.54) is 16.5 Å². The van der Waals surface area contributed by atoms with Crippen molar-refractivity contribution < 1.29 is 0 Å². The normalized spacial score (nSPS) is 11.6. The SMILES string of the molecule is CCc1cccc2c(-c3nc(NCCCN(C)C)c4ccccc4n3)c[nH]c12. The first-order chi connectivity index (χ1) is 13.7. The number of hydrogen-bond donors (Lipinski definition) is 2. The van der Waals surface area contributed by atoms with Crippen LogP contribution in [-0.2, 0) is 6.42 Å². The number of anilines is 1. The minimum Gasteiger partial charge on any atom is -0.369 e. The van der Waals surface area contributed by atoms with E-state index in [4.69, 9.17) is 9.97 Å². The van der Waals surface area contributed by atoms with Gasteiger partial charge in [-0.15, -0.1) is 0 Å². The second-order valence-corrected chi connectivity index (χ2v) is 7.39. The predicted molar refractivity (Wildman–Crippen MR) is 118 cm³/mol. The van der Waals surface area contributed by atoms with Gasteiger partial charge in [-0.05, 0) is 51.2 Å². The van der Waals surface area contributed by atoms with Gasteiger partial charge in [0.1, 0.15) is 5.82 Å². The highest BCUT2D eigenvalue weighted by Crippen LogP contribution is 2.31. The van der Waals surface area contributed by atoms with Crippen LogP contribution in [0.25, 0.3) is 33.2 Å². The molecule has 0 radical (unpaired) electrons. The number of aromatic amines is 1. The maximum atomic E-state index is 4.91. The van der Waals surface area contributed by atoms with Crippen molar-refractivity contribution in [2.24, 2.45) is 0 Å². The number of nitrogens with zero attached hydrogens (tertiary/aromatic N) is 3. The largest absolute Gasteiger partial charge is 0.369 e. The average molecular weight is 374 g/mol. The molecule has 4 rings (SSSR count). The Labute approximate surface area is 165 Å². The quantitative estimate of drug-likeness (QED) is 0.461. The molecule has 4 aromatic rings. The number of fused-ring (bicyclic) bond motifs is 2. The number of nitrogens with one attached hydrogen (secondary N) is 2. The maximum Gasteiger partial charge on any atom is 0.164 e. The maximum absolute atomic E-state index is 4.91. The Hall–Kier alpha value is -2.92. The molecule has 5 heteroatoms. The van der Waals surface area contributed by atoms with Crippen LogP contribution in [0.2, 0.25) is 0 Å². The van der Waals surface area contributed by atoms with Crippen molar-refractivity contribution in [1.29, 1.82) is 0 Å². The zero-order chi connectivity index (χ0) is 19.5. The van der Waals surface area contributed by atoms with Crippen molar-refractivity contribution >= 4 is 27.6 Å². The molecule has 0 spiro atoms. The summed E-state index contributed by atoms with van der Waals surface area (Å²) in [5.41, 5.74) is 4.50. The van der Waals surface area contributed by atoms with Crippen molar-refractivity contribution in [3.8, 4) is 11.4 Å². The standard InChI is InChI=1S/C23H27N5/c1-4-16-9-7-11-17-19(15-25-21(16)17)23-26-20-12-6-5-10-18(20)22(27-23)24-13-8-14-28(2)3/h5-7,9-12,15,25H,4,8,13-14H2,1-3H3,(H,24,26,27). The minimum atomic E-state index is 0.758. The third-order valence-corrected chi connectivity index (χ3v) is 5.10. The number of benzene rings is 2. The predicted octanol–water partition coefficient (Wildman–Crippen LogP) is 4.70. The second-order valence-electron chi connectivity index (χ2n) is 7.39. The molecule has 5 nitrogen and oxygen atoms in total. The highest BCUT2D eigenvalue weighted by molar-refractivity contribution is 5.98. The van der Waals surface area contributed by atoms with Gasteiger partial charge in [-0.3, -0.25) is 0 Å². The Morgan fingerprint density at radius 3 is 2.64 bits per heavy atom. The highest BCUT2D eigenvalue weighted by atomic mass is 15.1. The molecule has 144 valence electrons. The first-order valence-corrected chi connectivity index (χ1v) is 9.92. The van der Waals surface area contributed by atoms with Gasteiger partial charge in [0.15, 0.2) is 5.82 Å². The van der Waals surface area contributed by atoms with Crippen molar-refractivity contribution in [2.45, 2.75) is 19.8 Å². The van der Waals surface area contributed by atoms with Crippen molar-refractivity contribution in [3.05, 3.63) is 54.2 Å². The molecule has 0 fully saturated rings. The molecular weight excluding hydrogens is 346 g/mol. The van der Waals surface area contributed by atoms with Crippen LogP contribution in [0.5, 0.6) is 0 Å². The van der Waals surface area contributed by atoms with Crippen LogP contribution >= 0.6 is 0 Å². The fraction of sp³-hybridized carbons (Fsp3) is 0.304. The number of rotatable bonds is 7. The fourth-order valence-electron chi connectivity index (χ4n) is 3.63. The third kappa shape index (κ3) is 3.58. The van der Waals surface area contributed by atoms with E-state index in [0.717, 1.165) is 54.0 Å². The van der Waals surface area contributed by atoms with E-state index in [-0.39, 0.29) is 0 Å². The summed E-state index contributed by atoms with van der Waals surface area (Å²) in [6, 6.07) is 14.6. The van der Waals surface area contributed by atoms with Crippen molar-refractivity contribution in [3.63, 3.8) is 0 Å². The molecule has 0 unspecified atom stereocenters. The Morgan fingerprint density at radius 1 is 1.00 bits per heavy atom. The molecule has 0 amide bonds. The lowest BCUT2D eigenvalue weighted by molar-refractivity contribution is 0.405. The second kappa shape index (κ2) is 7.98. The molecule has 2 aromatic heterocycles. The van der Waals surface area contributed by atoms with Gasteiger partial charge in [0.25, 0.3) is 0 Å². The van der Waals surface area contributed by atoms with Gasteiger partial charge in [0.05, 0.1) is 5.52 Å². The monoisotopic (exact) mass is 373 g/mol. The topological polar surface area (TPSA) is 56.8 Å². The summed E-state index contributed by atoms with van der Waals surface area (Å²) < 4.78 is 0. The molecule has 0 bridgehead atoms. The number of hydrogen-bond acceptors (Lipinski definition) is 4. The third-order valence-electron chi connectivity index (χ3n) is 5.10. The first kappa shape index (κ1) is 18.4.